The van der Waals surface area contributed by atoms with Crippen LogP contribution in [0.2, 0.25) is 0 Å². The Morgan fingerprint density at radius 2 is 1.78 bits per heavy atom. The molecule has 1 saturated carbocycles. The van der Waals surface area contributed by atoms with E-state index in [1.54, 1.807) is 0 Å². The molecule has 2 aliphatic rings. The first kappa shape index (κ1) is 13.9. The Balaban J connectivity index is 1.98. The molecule has 3 atom stereocenters. The first-order valence-electron chi connectivity index (χ1n) is 7.39. The number of fused-ring (bicyclic) bond motifs is 1. The van der Waals surface area contributed by atoms with E-state index >= 15 is 0 Å². The van der Waals surface area contributed by atoms with Crippen molar-refractivity contribution in [1.29, 1.82) is 0 Å². The summed E-state index contributed by atoms with van der Waals surface area (Å²) in [5, 5.41) is 3.13. The van der Waals surface area contributed by atoms with Gasteiger partial charge in [0.1, 0.15) is 0 Å². The molecule has 3 heteroatoms. The highest BCUT2D eigenvalue weighted by Crippen LogP contribution is 2.38. The molecule has 1 amide bonds. The molecule has 3 nitrogen and oxygen atoms in total. The number of nitrogens with one attached hydrogen (secondary N) is 1. The summed E-state index contributed by atoms with van der Waals surface area (Å²) in [6.45, 7) is 7.26. The lowest BCUT2D eigenvalue weighted by Gasteiger charge is -2.44. The van der Waals surface area contributed by atoms with Crippen molar-refractivity contribution in [2.45, 2.75) is 64.5 Å². The van der Waals surface area contributed by atoms with Crippen molar-refractivity contribution in [3.63, 3.8) is 0 Å². The molecule has 1 N–H and O–H groups in total. The van der Waals surface area contributed by atoms with Crippen molar-refractivity contribution in [2.75, 3.05) is 13.6 Å². The van der Waals surface area contributed by atoms with Crippen LogP contribution in [0.25, 0.3) is 0 Å². The summed E-state index contributed by atoms with van der Waals surface area (Å²) in [5.41, 5.74) is -0.124. The predicted octanol–water partition coefficient (Wildman–Crippen LogP) is 2.41. The quantitative estimate of drug-likeness (QED) is 0.777. The first-order chi connectivity index (χ1) is 8.37. The highest BCUT2D eigenvalue weighted by molar-refractivity contribution is 5.82. The Labute approximate surface area is 111 Å². The van der Waals surface area contributed by atoms with E-state index in [-0.39, 0.29) is 17.5 Å². The van der Waals surface area contributed by atoms with E-state index < -0.39 is 0 Å². The van der Waals surface area contributed by atoms with Crippen molar-refractivity contribution >= 4 is 5.91 Å². The third kappa shape index (κ3) is 3.25. The van der Waals surface area contributed by atoms with Gasteiger partial charge in [-0.3, -0.25) is 9.69 Å². The number of likely N-dealkylation sites (N-methyl/N-ethyl adjacent to an activating group) is 1. The van der Waals surface area contributed by atoms with Gasteiger partial charge in [-0.2, -0.15) is 0 Å². The molecule has 1 heterocycles. The van der Waals surface area contributed by atoms with Gasteiger partial charge in [-0.1, -0.05) is 19.3 Å². The Bertz CT molecular complexity index is 308. The van der Waals surface area contributed by atoms with E-state index in [1.807, 2.05) is 0 Å². The standard InChI is InChI=1S/C15H28N2O/c1-15(2,3)16-14(18)13-9-11-7-5-6-8-12(11)10-17(13)4/h11-13H,5-10H2,1-4H3,(H,16,18)/t11-,12+,13-/m0/s1. The van der Waals surface area contributed by atoms with Crippen LogP contribution < -0.4 is 5.32 Å². The number of amides is 1. The molecule has 0 radical (unpaired) electrons. The van der Waals surface area contributed by atoms with Crippen molar-refractivity contribution in [3.05, 3.63) is 0 Å². The van der Waals surface area contributed by atoms with Crippen LogP contribution in [0.5, 0.6) is 0 Å². The number of likely N-dealkylation sites (tertiary alicyclic amines) is 1. The van der Waals surface area contributed by atoms with E-state index in [0.29, 0.717) is 0 Å². The van der Waals surface area contributed by atoms with Crippen LogP contribution in [0.4, 0.5) is 0 Å². The Kier molecular flexibility index (Phi) is 4.00. The third-order valence-corrected chi connectivity index (χ3v) is 4.45. The summed E-state index contributed by atoms with van der Waals surface area (Å²) in [5.74, 6) is 1.84. The Hall–Kier alpha value is -0.570. The number of hydrogen-bond acceptors (Lipinski definition) is 2. The zero-order valence-electron chi connectivity index (χ0n) is 12.3. The molecule has 0 spiro atoms. The molecule has 0 aromatic heterocycles. The predicted molar refractivity (Wildman–Crippen MR) is 74.4 cm³/mol. The highest BCUT2D eigenvalue weighted by atomic mass is 16.2. The summed E-state index contributed by atoms with van der Waals surface area (Å²) < 4.78 is 0. The third-order valence-electron chi connectivity index (χ3n) is 4.45. The molecule has 104 valence electrons. The molecule has 2 rings (SSSR count). The van der Waals surface area contributed by atoms with Gasteiger partial charge in [0.2, 0.25) is 5.91 Å². The lowest BCUT2D eigenvalue weighted by Crippen LogP contribution is -2.56. The van der Waals surface area contributed by atoms with Gasteiger partial charge in [-0.25, -0.2) is 0 Å². The lowest BCUT2D eigenvalue weighted by molar-refractivity contribution is -0.130. The monoisotopic (exact) mass is 252 g/mol. The van der Waals surface area contributed by atoms with Gasteiger partial charge in [-0.15, -0.1) is 0 Å². The smallest absolute Gasteiger partial charge is 0.237 e. The second-order valence-corrected chi connectivity index (χ2v) is 7.23. The van der Waals surface area contributed by atoms with E-state index in [4.69, 9.17) is 0 Å². The molecule has 1 saturated heterocycles. The zero-order valence-corrected chi connectivity index (χ0v) is 12.3. The summed E-state index contributed by atoms with van der Waals surface area (Å²) in [6, 6.07) is 0.0866. The molecule has 0 aromatic rings. The largest absolute Gasteiger partial charge is 0.350 e. The van der Waals surface area contributed by atoms with Crippen LogP contribution >= 0.6 is 0 Å². The lowest BCUT2D eigenvalue weighted by atomic mass is 9.73. The van der Waals surface area contributed by atoms with Crippen molar-refractivity contribution < 1.29 is 4.79 Å². The summed E-state index contributed by atoms with van der Waals surface area (Å²) in [4.78, 5) is 14.6. The molecular weight excluding hydrogens is 224 g/mol. The first-order valence-corrected chi connectivity index (χ1v) is 7.39. The fraction of sp³-hybridized carbons (Fsp3) is 0.933. The van der Waals surface area contributed by atoms with E-state index in [1.165, 1.54) is 25.7 Å². The Morgan fingerprint density at radius 3 is 2.39 bits per heavy atom. The maximum Gasteiger partial charge on any atom is 0.237 e. The van der Waals surface area contributed by atoms with Crippen LogP contribution in [0, 0.1) is 11.8 Å². The van der Waals surface area contributed by atoms with Gasteiger partial charge in [0.15, 0.2) is 0 Å². The number of carbonyl (C=O) groups is 1. The van der Waals surface area contributed by atoms with E-state index in [2.05, 4.69) is 38.0 Å². The maximum absolute atomic E-state index is 12.3. The minimum atomic E-state index is -0.124. The van der Waals surface area contributed by atoms with Gasteiger partial charge < -0.3 is 5.32 Å². The minimum Gasteiger partial charge on any atom is -0.350 e. The van der Waals surface area contributed by atoms with Gasteiger partial charge in [-0.05, 0) is 52.5 Å². The highest BCUT2D eigenvalue weighted by Gasteiger charge is 2.38. The van der Waals surface area contributed by atoms with Crippen molar-refractivity contribution in [2.24, 2.45) is 11.8 Å². The number of nitrogens with zero attached hydrogens (tertiary/aromatic N) is 1. The molecule has 18 heavy (non-hydrogen) atoms. The normalized spacial score (nSPS) is 33.9. The number of rotatable bonds is 1. The zero-order chi connectivity index (χ0) is 13.3. The second kappa shape index (κ2) is 5.20. The molecule has 0 aromatic carbocycles. The fourth-order valence-electron chi connectivity index (χ4n) is 3.56. The molecule has 2 fully saturated rings. The molecular formula is C15H28N2O. The van der Waals surface area contributed by atoms with Gasteiger partial charge in [0.05, 0.1) is 6.04 Å². The summed E-state index contributed by atoms with van der Waals surface area (Å²) in [6.07, 6.45) is 6.50. The van der Waals surface area contributed by atoms with Crippen LogP contribution in [0.1, 0.15) is 52.9 Å². The fourth-order valence-corrected chi connectivity index (χ4v) is 3.56. The minimum absolute atomic E-state index is 0.0866. The van der Waals surface area contributed by atoms with Gasteiger partial charge in [0.25, 0.3) is 0 Å². The van der Waals surface area contributed by atoms with Crippen LogP contribution in [-0.2, 0) is 4.79 Å². The Morgan fingerprint density at radius 1 is 1.17 bits per heavy atom. The van der Waals surface area contributed by atoms with Crippen LogP contribution in [0.15, 0.2) is 0 Å². The van der Waals surface area contributed by atoms with Crippen LogP contribution in [0.3, 0.4) is 0 Å². The van der Waals surface area contributed by atoms with Gasteiger partial charge >= 0.3 is 0 Å². The van der Waals surface area contributed by atoms with E-state index in [9.17, 15) is 4.79 Å². The average molecular weight is 252 g/mol. The SMILES string of the molecule is CN1C[C@H]2CCCC[C@H]2C[C@H]1C(=O)NC(C)(C)C. The van der Waals surface area contributed by atoms with Crippen molar-refractivity contribution in [3.8, 4) is 0 Å². The molecule has 1 aliphatic heterocycles. The van der Waals surface area contributed by atoms with Gasteiger partial charge in [0, 0.05) is 12.1 Å². The van der Waals surface area contributed by atoms with Crippen molar-refractivity contribution in [1.82, 2.24) is 10.2 Å². The number of hydrogen-bond donors (Lipinski definition) is 1. The summed E-state index contributed by atoms with van der Waals surface area (Å²) >= 11 is 0. The van der Waals surface area contributed by atoms with E-state index in [0.717, 1.165) is 24.8 Å². The summed E-state index contributed by atoms with van der Waals surface area (Å²) in [7, 11) is 2.11. The number of piperidine rings is 1. The maximum atomic E-state index is 12.3. The molecule has 1 aliphatic carbocycles. The molecule has 0 bridgehead atoms. The second-order valence-electron chi connectivity index (χ2n) is 7.23. The van der Waals surface area contributed by atoms with Crippen LogP contribution in [-0.4, -0.2) is 36.0 Å². The topological polar surface area (TPSA) is 32.3 Å². The average Bonchev–Trinajstić information content (AvgIpc) is 2.25. The number of carbonyl (C=O) groups excluding carboxylic acids is 1. The molecule has 0 unspecified atom stereocenters.